The average molecular weight is 296 g/mol. The molecule has 7 heteroatoms. The Kier molecular flexibility index (Phi) is 7.20. The van der Waals surface area contributed by atoms with Crippen LogP contribution in [0.25, 0.3) is 0 Å². The minimum absolute atomic E-state index is 0.124. The summed E-state index contributed by atoms with van der Waals surface area (Å²) >= 11 is 0. The molecule has 7 nitrogen and oxygen atoms in total. The Morgan fingerprint density at radius 3 is 2.67 bits per heavy atom. The number of aryl methyl sites for hydroxylation is 1. The molecule has 0 heterocycles. The van der Waals surface area contributed by atoms with Gasteiger partial charge in [-0.1, -0.05) is 6.07 Å². The normalized spacial score (nSPS) is 10.2. The molecular formula is C14H20N2O5. The van der Waals surface area contributed by atoms with Gasteiger partial charge in [-0.05, 0) is 24.6 Å². The number of nitrogens with one attached hydrogen (secondary N) is 2. The molecule has 0 bridgehead atoms. The topological polar surface area (TPSA) is 96.9 Å². The third-order valence-corrected chi connectivity index (χ3v) is 2.70. The predicted molar refractivity (Wildman–Crippen MR) is 77.9 cm³/mol. The first-order valence-electron chi connectivity index (χ1n) is 6.50. The molecule has 0 aliphatic rings. The maximum atomic E-state index is 11.7. The molecule has 0 saturated carbocycles. The first kappa shape index (κ1) is 16.9. The van der Waals surface area contributed by atoms with Crippen LogP contribution < -0.4 is 10.6 Å². The summed E-state index contributed by atoms with van der Waals surface area (Å²) in [7, 11) is 1.59. The lowest BCUT2D eigenvalue weighted by Gasteiger charge is -2.11. The van der Waals surface area contributed by atoms with Gasteiger partial charge in [0.05, 0.1) is 25.4 Å². The molecule has 0 unspecified atom stereocenters. The number of aromatic carboxylic acids is 1. The van der Waals surface area contributed by atoms with Crippen molar-refractivity contribution in [1.29, 1.82) is 0 Å². The van der Waals surface area contributed by atoms with Gasteiger partial charge in [0.2, 0.25) is 0 Å². The van der Waals surface area contributed by atoms with Gasteiger partial charge in [-0.2, -0.15) is 0 Å². The molecule has 3 N–H and O–H groups in total. The standard InChI is InChI=1S/C14H20N2O5/c1-10-3-4-11(13(17)18)9-12(10)16-14(19)15-5-6-21-8-7-20-2/h3-4,9H,5-8H2,1-2H3,(H,17,18)(H2,15,16,19). The number of carboxylic acid groups (broad SMARTS) is 1. The number of urea groups is 1. The van der Waals surface area contributed by atoms with Crippen molar-refractivity contribution in [2.24, 2.45) is 0 Å². The number of hydrogen-bond acceptors (Lipinski definition) is 4. The molecule has 0 saturated heterocycles. The van der Waals surface area contributed by atoms with Gasteiger partial charge in [0.25, 0.3) is 0 Å². The number of benzene rings is 1. The first-order chi connectivity index (χ1) is 10.0. The lowest BCUT2D eigenvalue weighted by Crippen LogP contribution is -2.32. The van der Waals surface area contributed by atoms with Crippen molar-refractivity contribution in [1.82, 2.24) is 5.32 Å². The minimum atomic E-state index is -1.04. The van der Waals surface area contributed by atoms with Gasteiger partial charge in [0, 0.05) is 19.3 Å². The Hall–Kier alpha value is -2.12. The lowest BCUT2D eigenvalue weighted by atomic mass is 10.1. The first-order valence-corrected chi connectivity index (χ1v) is 6.50. The maximum absolute atomic E-state index is 11.7. The van der Waals surface area contributed by atoms with Crippen molar-refractivity contribution in [3.05, 3.63) is 29.3 Å². The summed E-state index contributed by atoms with van der Waals surface area (Å²) in [6, 6.07) is 4.15. The molecular weight excluding hydrogens is 276 g/mol. The van der Waals surface area contributed by atoms with Crippen LogP contribution in [0.4, 0.5) is 10.5 Å². The van der Waals surface area contributed by atoms with E-state index in [1.807, 2.05) is 0 Å². The largest absolute Gasteiger partial charge is 0.478 e. The zero-order valence-electron chi connectivity index (χ0n) is 12.1. The van der Waals surface area contributed by atoms with Crippen molar-refractivity contribution in [3.63, 3.8) is 0 Å². The Balaban J connectivity index is 2.40. The van der Waals surface area contributed by atoms with Gasteiger partial charge in [0.15, 0.2) is 0 Å². The third kappa shape index (κ3) is 6.24. The molecule has 116 valence electrons. The molecule has 0 aromatic heterocycles. The van der Waals surface area contributed by atoms with Crippen molar-refractivity contribution in [3.8, 4) is 0 Å². The van der Waals surface area contributed by atoms with E-state index < -0.39 is 12.0 Å². The van der Waals surface area contributed by atoms with E-state index in [4.69, 9.17) is 14.6 Å². The second-order valence-corrected chi connectivity index (χ2v) is 4.32. The highest BCUT2D eigenvalue weighted by Gasteiger charge is 2.08. The molecule has 0 fully saturated rings. The fourth-order valence-corrected chi connectivity index (χ4v) is 1.54. The van der Waals surface area contributed by atoms with Gasteiger partial charge in [0.1, 0.15) is 0 Å². The van der Waals surface area contributed by atoms with Gasteiger partial charge >= 0.3 is 12.0 Å². The summed E-state index contributed by atoms with van der Waals surface area (Å²) in [5.74, 6) is -1.04. The quantitative estimate of drug-likeness (QED) is 0.631. The van der Waals surface area contributed by atoms with E-state index in [0.717, 1.165) is 5.56 Å². The summed E-state index contributed by atoms with van der Waals surface area (Å²) in [5, 5.41) is 14.2. The highest BCUT2D eigenvalue weighted by Crippen LogP contribution is 2.16. The number of hydrogen-bond donors (Lipinski definition) is 3. The minimum Gasteiger partial charge on any atom is -0.478 e. The summed E-state index contributed by atoms with van der Waals surface area (Å²) < 4.78 is 10.0. The number of carbonyl (C=O) groups is 2. The van der Waals surface area contributed by atoms with Crippen LogP contribution in [0.3, 0.4) is 0 Å². The smallest absolute Gasteiger partial charge is 0.335 e. The number of anilines is 1. The van der Waals surface area contributed by atoms with E-state index in [1.54, 1.807) is 20.1 Å². The Morgan fingerprint density at radius 1 is 1.24 bits per heavy atom. The molecule has 0 atom stereocenters. The summed E-state index contributed by atoms with van der Waals surface area (Å²) in [5.41, 5.74) is 1.37. The lowest BCUT2D eigenvalue weighted by molar-refractivity contribution is 0.0697. The van der Waals surface area contributed by atoms with E-state index in [-0.39, 0.29) is 5.56 Å². The summed E-state index contributed by atoms with van der Waals surface area (Å²) in [6.07, 6.45) is 0. The molecule has 0 aliphatic heterocycles. The highest BCUT2D eigenvalue weighted by molar-refractivity contribution is 5.93. The predicted octanol–water partition coefficient (Wildman–Crippen LogP) is 1.48. The summed E-state index contributed by atoms with van der Waals surface area (Å²) in [6.45, 7) is 3.50. The van der Waals surface area contributed by atoms with Crippen molar-refractivity contribution in [2.45, 2.75) is 6.92 Å². The van der Waals surface area contributed by atoms with Crippen molar-refractivity contribution >= 4 is 17.7 Å². The number of methoxy groups -OCH3 is 1. The SMILES string of the molecule is COCCOCCNC(=O)Nc1cc(C(=O)O)ccc1C. The number of ether oxygens (including phenoxy) is 2. The fraction of sp³-hybridized carbons (Fsp3) is 0.429. The van der Waals surface area contributed by atoms with Crippen LogP contribution in [0, 0.1) is 6.92 Å². The molecule has 1 aromatic carbocycles. The molecule has 1 rings (SSSR count). The zero-order valence-corrected chi connectivity index (χ0v) is 12.1. The van der Waals surface area contributed by atoms with Crippen molar-refractivity contribution < 1.29 is 24.2 Å². The van der Waals surface area contributed by atoms with Crippen molar-refractivity contribution in [2.75, 3.05) is 38.8 Å². The molecule has 0 radical (unpaired) electrons. The monoisotopic (exact) mass is 296 g/mol. The highest BCUT2D eigenvalue weighted by atomic mass is 16.5. The van der Waals surface area contributed by atoms with E-state index >= 15 is 0 Å². The second kappa shape index (κ2) is 8.93. The second-order valence-electron chi connectivity index (χ2n) is 4.32. The van der Waals surface area contributed by atoms with Gasteiger partial charge < -0.3 is 25.2 Å². The van der Waals surface area contributed by atoms with E-state index in [1.165, 1.54) is 12.1 Å². The van der Waals surface area contributed by atoms with E-state index in [2.05, 4.69) is 10.6 Å². The molecule has 0 spiro atoms. The van der Waals surface area contributed by atoms with Crippen LogP contribution in [-0.2, 0) is 9.47 Å². The number of carbonyl (C=O) groups excluding carboxylic acids is 1. The van der Waals surface area contributed by atoms with Crippen LogP contribution in [0.2, 0.25) is 0 Å². The van der Waals surface area contributed by atoms with E-state index in [9.17, 15) is 9.59 Å². The van der Waals surface area contributed by atoms with Crippen LogP contribution >= 0.6 is 0 Å². The summed E-state index contributed by atoms with van der Waals surface area (Å²) in [4.78, 5) is 22.6. The van der Waals surface area contributed by atoms with Crippen LogP contribution in [-0.4, -0.2) is 50.6 Å². The maximum Gasteiger partial charge on any atom is 0.335 e. The number of amides is 2. The zero-order chi connectivity index (χ0) is 15.7. The Morgan fingerprint density at radius 2 is 2.00 bits per heavy atom. The average Bonchev–Trinajstić information content (AvgIpc) is 2.44. The molecule has 21 heavy (non-hydrogen) atoms. The number of rotatable bonds is 8. The molecule has 0 aliphatic carbocycles. The fourth-order valence-electron chi connectivity index (χ4n) is 1.54. The van der Waals surface area contributed by atoms with E-state index in [0.29, 0.717) is 32.1 Å². The van der Waals surface area contributed by atoms with Crippen LogP contribution in [0.5, 0.6) is 0 Å². The molecule has 1 aromatic rings. The molecule has 2 amide bonds. The van der Waals surface area contributed by atoms with Crippen LogP contribution in [0.15, 0.2) is 18.2 Å². The van der Waals surface area contributed by atoms with Crippen LogP contribution in [0.1, 0.15) is 15.9 Å². The Labute approximate surface area is 123 Å². The Bertz CT molecular complexity index is 490. The third-order valence-electron chi connectivity index (χ3n) is 2.70. The van der Waals surface area contributed by atoms with Gasteiger partial charge in [-0.3, -0.25) is 0 Å². The number of carboxylic acids is 1. The van der Waals surface area contributed by atoms with Gasteiger partial charge in [-0.15, -0.1) is 0 Å². The van der Waals surface area contributed by atoms with Gasteiger partial charge in [-0.25, -0.2) is 9.59 Å².